The van der Waals surface area contributed by atoms with Crippen molar-refractivity contribution in [1.82, 2.24) is 15.5 Å². The van der Waals surface area contributed by atoms with Crippen LogP contribution in [0.1, 0.15) is 24.5 Å². The summed E-state index contributed by atoms with van der Waals surface area (Å²) in [7, 11) is 2.09. The molecule has 0 radical (unpaired) electrons. The number of carbonyl (C=O) groups excluding carboxylic acids is 1. The van der Waals surface area contributed by atoms with Crippen molar-refractivity contribution in [3.05, 3.63) is 35.4 Å². The molecule has 1 aliphatic carbocycles. The summed E-state index contributed by atoms with van der Waals surface area (Å²) in [6.07, 6.45) is 3.37. The largest absolute Gasteiger partial charge is 0.373 e. The van der Waals surface area contributed by atoms with Crippen LogP contribution in [0.2, 0.25) is 0 Å². The lowest BCUT2D eigenvalue weighted by atomic mass is 10.0. The van der Waals surface area contributed by atoms with Gasteiger partial charge in [0, 0.05) is 19.6 Å². The molecular weight excluding hydrogens is 302 g/mol. The highest BCUT2D eigenvalue weighted by atomic mass is 16.5. The van der Waals surface area contributed by atoms with Crippen molar-refractivity contribution in [2.24, 2.45) is 5.92 Å². The van der Waals surface area contributed by atoms with E-state index in [2.05, 4.69) is 46.8 Å². The van der Waals surface area contributed by atoms with Crippen LogP contribution >= 0.6 is 0 Å². The first kappa shape index (κ1) is 17.2. The van der Waals surface area contributed by atoms with Crippen LogP contribution in [0.4, 0.5) is 4.79 Å². The maximum Gasteiger partial charge on any atom is 0.315 e. The van der Waals surface area contributed by atoms with Crippen LogP contribution in [0.25, 0.3) is 0 Å². The third-order valence-corrected chi connectivity index (χ3v) is 5.19. The number of ether oxygens (including phenoxy) is 1. The zero-order valence-corrected chi connectivity index (χ0v) is 14.8. The predicted octanol–water partition coefficient (Wildman–Crippen LogP) is 1.81. The molecule has 1 fully saturated rings. The van der Waals surface area contributed by atoms with Crippen LogP contribution in [0, 0.1) is 5.92 Å². The Morgan fingerprint density at radius 1 is 1.33 bits per heavy atom. The summed E-state index contributed by atoms with van der Waals surface area (Å²) in [5, 5.41) is 6.01. The van der Waals surface area contributed by atoms with Gasteiger partial charge in [-0.1, -0.05) is 24.3 Å². The topological polar surface area (TPSA) is 53.6 Å². The van der Waals surface area contributed by atoms with Crippen LogP contribution in [0.5, 0.6) is 0 Å². The van der Waals surface area contributed by atoms with E-state index in [9.17, 15) is 4.79 Å². The summed E-state index contributed by atoms with van der Waals surface area (Å²) >= 11 is 0. The van der Waals surface area contributed by atoms with Gasteiger partial charge in [-0.25, -0.2) is 4.79 Å². The molecule has 1 aromatic rings. The Morgan fingerprint density at radius 2 is 2.04 bits per heavy atom. The molecule has 5 nitrogen and oxygen atoms in total. The third-order valence-electron chi connectivity index (χ3n) is 5.19. The second kappa shape index (κ2) is 7.99. The van der Waals surface area contributed by atoms with Crippen molar-refractivity contribution in [2.45, 2.75) is 38.3 Å². The van der Waals surface area contributed by atoms with E-state index in [0.29, 0.717) is 5.92 Å². The van der Waals surface area contributed by atoms with Crippen LogP contribution in [-0.2, 0) is 17.6 Å². The number of nitrogens with one attached hydrogen (secondary N) is 2. The second-order valence-electron chi connectivity index (χ2n) is 7.19. The van der Waals surface area contributed by atoms with Gasteiger partial charge in [-0.2, -0.15) is 0 Å². The van der Waals surface area contributed by atoms with Crippen molar-refractivity contribution in [1.29, 1.82) is 0 Å². The molecule has 1 heterocycles. The van der Waals surface area contributed by atoms with Gasteiger partial charge < -0.3 is 20.3 Å². The summed E-state index contributed by atoms with van der Waals surface area (Å²) in [6.45, 7) is 5.29. The van der Waals surface area contributed by atoms with Gasteiger partial charge in [0.15, 0.2) is 0 Å². The lowest BCUT2D eigenvalue weighted by molar-refractivity contribution is -0.0333. The first-order valence-corrected chi connectivity index (χ1v) is 9.03. The van der Waals surface area contributed by atoms with E-state index in [0.717, 1.165) is 45.5 Å². The summed E-state index contributed by atoms with van der Waals surface area (Å²) in [5.74, 6) is 0.649. The van der Waals surface area contributed by atoms with Gasteiger partial charge >= 0.3 is 6.03 Å². The lowest BCUT2D eigenvalue weighted by Crippen LogP contribution is -2.53. The van der Waals surface area contributed by atoms with Gasteiger partial charge in [0.25, 0.3) is 0 Å². The Kier molecular flexibility index (Phi) is 5.74. The molecule has 2 N–H and O–H groups in total. The van der Waals surface area contributed by atoms with Crippen LogP contribution in [0.3, 0.4) is 0 Å². The Hall–Kier alpha value is -1.59. The molecule has 0 spiro atoms. The highest BCUT2D eigenvalue weighted by Gasteiger charge is 2.25. The predicted molar refractivity (Wildman–Crippen MR) is 95.2 cm³/mol. The number of benzene rings is 1. The van der Waals surface area contributed by atoms with E-state index in [1.54, 1.807) is 0 Å². The normalized spacial score (nSPS) is 22.8. The fourth-order valence-electron chi connectivity index (χ4n) is 3.71. The monoisotopic (exact) mass is 331 g/mol. The third kappa shape index (κ3) is 4.48. The molecule has 2 atom stereocenters. The van der Waals surface area contributed by atoms with Crippen LogP contribution in [-0.4, -0.2) is 56.4 Å². The van der Waals surface area contributed by atoms with Gasteiger partial charge in [-0.3, -0.25) is 0 Å². The number of morpholine rings is 1. The molecule has 132 valence electrons. The van der Waals surface area contributed by atoms with Gasteiger partial charge in [0.1, 0.15) is 0 Å². The standard InChI is InChI=1S/C19H29N3O2/c1-14(18-13-22(2)9-10-24-18)21-19(23)20-8-7-15-11-16-5-3-4-6-17(16)12-15/h3-6,14-15,18H,7-13H2,1-2H3,(H2,20,21,23)/t14-,18+/m0/s1. The van der Waals surface area contributed by atoms with Crippen molar-refractivity contribution >= 4 is 6.03 Å². The molecule has 3 rings (SSSR count). The number of hydrogen-bond acceptors (Lipinski definition) is 3. The van der Waals surface area contributed by atoms with Gasteiger partial charge in [-0.15, -0.1) is 0 Å². The van der Waals surface area contributed by atoms with E-state index in [-0.39, 0.29) is 18.2 Å². The number of nitrogens with zero attached hydrogens (tertiary/aromatic N) is 1. The lowest BCUT2D eigenvalue weighted by Gasteiger charge is -2.33. The molecule has 0 unspecified atom stereocenters. The number of rotatable bonds is 5. The average molecular weight is 331 g/mol. The Balaban J connectivity index is 1.34. The van der Waals surface area contributed by atoms with Gasteiger partial charge in [-0.05, 0) is 50.3 Å². The molecule has 0 aromatic heterocycles. The van der Waals surface area contributed by atoms with Crippen molar-refractivity contribution in [3.63, 3.8) is 0 Å². The number of fused-ring (bicyclic) bond motifs is 1. The van der Waals surface area contributed by atoms with Gasteiger partial charge in [0.2, 0.25) is 0 Å². The molecule has 1 aliphatic heterocycles. The average Bonchev–Trinajstić information content (AvgIpc) is 2.97. The van der Waals surface area contributed by atoms with E-state index in [1.807, 2.05) is 6.92 Å². The molecule has 0 bridgehead atoms. The number of amides is 2. The van der Waals surface area contributed by atoms with Crippen molar-refractivity contribution in [2.75, 3.05) is 33.3 Å². The first-order valence-electron chi connectivity index (χ1n) is 9.03. The Morgan fingerprint density at radius 3 is 2.71 bits per heavy atom. The number of urea groups is 1. The molecule has 1 aromatic carbocycles. The summed E-state index contributed by atoms with van der Waals surface area (Å²) in [5.41, 5.74) is 2.94. The zero-order valence-electron chi connectivity index (χ0n) is 14.8. The van der Waals surface area contributed by atoms with E-state index in [4.69, 9.17) is 4.74 Å². The van der Waals surface area contributed by atoms with E-state index >= 15 is 0 Å². The Labute approximate surface area is 144 Å². The fourth-order valence-corrected chi connectivity index (χ4v) is 3.71. The molecule has 24 heavy (non-hydrogen) atoms. The molecule has 2 amide bonds. The van der Waals surface area contributed by atoms with Crippen molar-refractivity contribution in [3.8, 4) is 0 Å². The van der Waals surface area contributed by atoms with E-state index < -0.39 is 0 Å². The summed E-state index contributed by atoms with van der Waals surface area (Å²) < 4.78 is 5.75. The first-order chi connectivity index (χ1) is 11.6. The maximum atomic E-state index is 12.1. The molecular formula is C19H29N3O2. The molecule has 2 aliphatic rings. The fraction of sp³-hybridized carbons (Fsp3) is 0.632. The minimum Gasteiger partial charge on any atom is -0.373 e. The van der Waals surface area contributed by atoms with Crippen LogP contribution in [0.15, 0.2) is 24.3 Å². The Bertz CT molecular complexity index is 538. The molecule has 0 saturated carbocycles. The quantitative estimate of drug-likeness (QED) is 0.865. The summed E-state index contributed by atoms with van der Waals surface area (Å²) in [4.78, 5) is 14.3. The summed E-state index contributed by atoms with van der Waals surface area (Å²) in [6, 6.07) is 8.59. The SMILES string of the molecule is C[C@H](NC(=O)NCCC1Cc2ccccc2C1)[C@H]1CN(C)CCO1. The maximum absolute atomic E-state index is 12.1. The number of likely N-dealkylation sites (N-methyl/N-ethyl adjacent to an activating group) is 1. The van der Waals surface area contributed by atoms with Crippen LogP contribution < -0.4 is 10.6 Å². The number of carbonyl (C=O) groups is 1. The van der Waals surface area contributed by atoms with E-state index in [1.165, 1.54) is 11.1 Å². The molecule has 1 saturated heterocycles. The smallest absolute Gasteiger partial charge is 0.315 e. The highest BCUT2D eigenvalue weighted by Crippen LogP contribution is 2.28. The molecule has 5 heteroatoms. The van der Waals surface area contributed by atoms with Gasteiger partial charge in [0.05, 0.1) is 18.8 Å². The zero-order chi connectivity index (χ0) is 16.9. The number of hydrogen-bond donors (Lipinski definition) is 2. The second-order valence-corrected chi connectivity index (χ2v) is 7.19. The van der Waals surface area contributed by atoms with Crippen molar-refractivity contribution < 1.29 is 9.53 Å². The minimum absolute atomic E-state index is 0.0171. The highest BCUT2D eigenvalue weighted by molar-refractivity contribution is 5.74. The minimum atomic E-state index is -0.0881.